The third-order valence-electron chi connectivity index (χ3n) is 2.81. The molecule has 0 radical (unpaired) electrons. The van der Waals surface area contributed by atoms with Crippen LogP contribution in [0.5, 0.6) is 0 Å². The molecule has 0 aromatic carbocycles. The number of nitrogens with one attached hydrogen (secondary N) is 1. The molecule has 1 N–H and O–H groups in total. The Morgan fingerprint density at radius 1 is 1.05 bits per heavy atom. The van der Waals surface area contributed by atoms with Gasteiger partial charge in [-0.2, -0.15) is 0 Å². The maximum Gasteiger partial charge on any atom is 0.307 e. The summed E-state index contributed by atoms with van der Waals surface area (Å²) >= 11 is 0. The molecule has 4 nitrogen and oxygen atoms in total. The van der Waals surface area contributed by atoms with E-state index in [-0.39, 0.29) is 18.3 Å². The van der Waals surface area contributed by atoms with E-state index in [2.05, 4.69) is 12.2 Å². The summed E-state index contributed by atoms with van der Waals surface area (Å²) in [7, 11) is 0. The number of rotatable bonds is 11. The van der Waals surface area contributed by atoms with Gasteiger partial charge in [0, 0.05) is 12.6 Å². The minimum absolute atomic E-state index is 0.159. The largest absolute Gasteiger partial charge is 0.466 e. The van der Waals surface area contributed by atoms with Gasteiger partial charge in [0.05, 0.1) is 13.0 Å². The van der Waals surface area contributed by atoms with E-state index in [1.165, 1.54) is 31.8 Å². The van der Waals surface area contributed by atoms with Crippen molar-refractivity contribution in [3.63, 3.8) is 0 Å². The van der Waals surface area contributed by atoms with Gasteiger partial charge in [0.1, 0.15) is 0 Å². The summed E-state index contributed by atoms with van der Waals surface area (Å²) in [5.74, 6) is -0.398. The second kappa shape index (κ2) is 12.7. The number of amides is 1. The molecule has 0 rings (SSSR count). The zero-order valence-corrected chi connectivity index (χ0v) is 13.2. The number of carbonyl (C=O) groups is 2. The highest BCUT2D eigenvalue weighted by Gasteiger charge is 2.03. The van der Waals surface area contributed by atoms with Crippen LogP contribution in [0, 0.1) is 0 Å². The van der Waals surface area contributed by atoms with Crippen molar-refractivity contribution in [2.75, 3.05) is 13.2 Å². The second-order valence-electron chi connectivity index (χ2n) is 5.25. The summed E-state index contributed by atoms with van der Waals surface area (Å²) in [6.45, 7) is 6.73. The molecule has 0 heterocycles. The van der Waals surface area contributed by atoms with Crippen molar-refractivity contribution in [1.29, 1.82) is 0 Å². The van der Waals surface area contributed by atoms with Crippen LogP contribution in [-0.4, -0.2) is 25.0 Å². The van der Waals surface area contributed by atoms with Crippen molar-refractivity contribution in [2.45, 2.75) is 65.7 Å². The SMILES string of the molecule is CCCCCCCCOC(=O)CCNC(=O)C=C(C)C. The van der Waals surface area contributed by atoms with E-state index in [9.17, 15) is 9.59 Å². The normalized spacial score (nSPS) is 9.95. The summed E-state index contributed by atoms with van der Waals surface area (Å²) in [4.78, 5) is 22.7. The minimum Gasteiger partial charge on any atom is -0.466 e. The number of carbonyl (C=O) groups excluding carboxylic acids is 2. The number of hydrogen-bond acceptors (Lipinski definition) is 3. The lowest BCUT2D eigenvalue weighted by atomic mass is 10.1. The molecule has 0 saturated carbocycles. The van der Waals surface area contributed by atoms with Gasteiger partial charge in [0.25, 0.3) is 0 Å². The maximum absolute atomic E-state index is 11.4. The summed E-state index contributed by atoms with van der Waals surface area (Å²) in [6, 6.07) is 0. The first-order valence-corrected chi connectivity index (χ1v) is 7.64. The number of unbranched alkanes of at least 4 members (excludes halogenated alkanes) is 5. The fourth-order valence-corrected chi connectivity index (χ4v) is 1.74. The highest BCUT2D eigenvalue weighted by atomic mass is 16.5. The van der Waals surface area contributed by atoms with Crippen LogP contribution in [0.15, 0.2) is 11.6 Å². The monoisotopic (exact) mass is 283 g/mol. The fourth-order valence-electron chi connectivity index (χ4n) is 1.74. The van der Waals surface area contributed by atoms with Gasteiger partial charge in [-0.15, -0.1) is 0 Å². The first kappa shape index (κ1) is 18.7. The van der Waals surface area contributed by atoms with Crippen LogP contribution in [-0.2, 0) is 14.3 Å². The van der Waals surface area contributed by atoms with Crippen LogP contribution in [0.1, 0.15) is 65.7 Å². The molecule has 116 valence electrons. The highest BCUT2D eigenvalue weighted by molar-refractivity contribution is 5.88. The Labute approximate surface area is 123 Å². The summed E-state index contributed by atoms with van der Waals surface area (Å²) in [5.41, 5.74) is 0.938. The van der Waals surface area contributed by atoms with E-state index in [0.717, 1.165) is 18.4 Å². The van der Waals surface area contributed by atoms with Gasteiger partial charge in [0.2, 0.25) is 5.91 Å². The van der Waals surface area contributed by atoms with Crippen LogP contribution in [0.4, 0.5) is 0 Å². The smallest absolute Gasteiger partial charge is 0.307 e. The van der Waals surface area contributed by atoms with Crippen molar-refractivity contribution in [3.8, 4) is 0 Å². The summed E-state index contributed by atoms with van der Waals surface area (Å²) in [5, 5.41) is 2.65. The molecular formula is C16H29NO3. The zero-order chi connectivity index (χ0) is 15.2. The molecule has 4 heteroatoms. The van der Waals surface area contributed by atoms with Gasteiger partial charge >= 0.3 is 5.97 Å². The van der Waals surface area contributed by atoms with Crippen molar-refractivity contribution in [2.24, 2.45) is 0 Å². The van der Waals surface area contributed by atoms with E-state index < -0.39 is 0 Å². The quantitative estimate of drug-likeness (QED) is 0.359. The molecule has 0 aliphatic carbocycles. The molecule has 0 aliphatic heterocycles. The highest BCUT2D eigenvalue weighted by Crippen LogP contribution is 2.05. The Hall–Kier alpha value is -1.32. The molecule has 0 bridgehead atoms. The van der Waals surface area contributed by atoms with E-state index in [1.807, 2.05) is 13.8 Å². The zero-order valence-electron chi connectivity index (χ0n) is 13.2. The Balaban J connectivity index is 3.42. The summed E-state index contributed by atoms with van der Waals surface area (Å²) in [6.07, 6.45) is 8.80. The van der Waals surface area contributed by atoms with E-state index in [1.54, 1.807) is 0 Å². The van der Waals surface area contributed by atoms with Crippen molar-refractivity contribution < 1.29 is 14.3 Å². The number of ether oxygens (including phenoxy) is 1. The third-order valence-corrected chi connectivity index (χ3v) is 2.81. The van der Waals surface area contributed by atoms with E-state index in [4.69, 9.17) is 4.74 Å². The molecule has 0 aliphatic rings. The molecule has 0 saturated heterocycles. The van der Waals surface area contributed by atoms with Crippen LogP contribution in [0.3, 0.4) is 0 Å². The van der Waals surface area contributed by atoms with Gasteiger partial charge in [-0.25, -0.2) is 0 Å². The van der Waals surface area contributed by atoms with Gasteiger partial charge in [-0.3, -0.25) is 9.59 Å². The lowest BCUT2D eigenvalue weighted by molar-refractivity contribution is -0.143. The van der Waals surface area contributed by atoms with Crippen LogP contribution in [0.2, 0.25) is 0 Å². The number of esters is 1. The van der Waals surface area contributed by atoms with Crippen molar-refractivity contribution in [1.82, 2.24) is 5.32 Å². The average Bonchev–Trinajstić information content (AvgIpc) is 2.36. The number of allylic oxidation sites excluding steroid dienone is 1. The maximum atomic E-state index is 11.4. The topological polar surface area (TPSA) is 55.4 Å². The predicted octanol–water partition coefficient (Wildman–Crippen LogP) is 3.36. The Kier molecular flexibility index (Phi) is 11.9. The standard InChI is InChI=1S/C16H29NO3/c1-4-5-6-7-8-9-12-20-16(19)10-11-17-15(18)13-14(2)3/h13H,4-12H2,1-3H3,(H,17,18). The van der Waals surface area contributed by atoms with Crippen LogP contribution < -0.4 is 5.32 Å². The predicted molar refractivity (Wildman–Crippen MR) is 81.4 cm³/mol. The fraction of sp³-hybridized carbons (Fsp3) is 0.750. The Morgan fingerprint density at radius 3 is 2.35 bits per heavy atom. The lowest BCUT2D eigenvalue weighted by Crippen LogP contribution is -2.25. The molecule has 0 aromatic rings. The molecule has 1 amide bonds. The van der Waals surface area contributed by atoms with Crippen molar-refractivity contribution >= 4 is 11.9 Å². The van der Waals surface area contributed by atoms with Gasteiger partial charge in [-0.05, 0) is 20.3 Å². The molecule has 0 fully saturated rings. The van der Waals surface area contributed by atoms with E-state index in [0.29, 0.717) is 13.2 Å². The first-order chi connectivity index (χ1) is 9.56. The second-order valence-corrected chi connectivity index (χ2v) is 5.25. The van der Waals surface area contributed by atoms with E-state index >= 15 is 0 Å². The van der Waals surface area contributed by atoms with Crippen LogP contribution >= 0.6 is 0 Å². The molecule has 0 unspecified atom stereocenters. The van der Waals surface area contributed by atoms with Crippen molar-refractivity contribution in [3.05, 3.63) is 11.6 Å². The molecule has 0 atom stereocenters. The molecule has 0 spiro atoms. The molecular weight excluding hydrogens is 254 g/mol. The Morgan fingerprint density at radius 2 is 1.70 bits per heavy atom. The van der Waals surface area contributed by atoms with Gasteiger partial charge in [-0.1, -0.05) is 44.6 Å². The lowest BCUT2D eigenvalue weighted by Gasteiger charge is -2.05. The van der Waals surface area contributed by atoms with Crippen LogP contribution in [0.25, 0.3) is 0 Å². The third kappa shape index (κ3) is 13.1. The minimum atomic E-state index is -0.240. The first-order valence-electron chi connectivity index (χ1n) is 7.64. The Bertz CT molecular complexity index is 307. The average molecular weight is 283 g/mol. The number of hydrogen-bond donors (Lipinski definition) is 1. The summed E-state index contributed by atoms with van der Waals surface area (Å²) < 4.78 is 5.11. The van der Waals surface area contributed by atoms with Gasteiger partial charge < -0.3 is 10.1 Å². The molecule has 0 aromatic heterocycles. The van der Waals surface area contributed by atoms with Gasteiger partial charge in [0.15, 0.2) is 0 Å². The molecule has 20 heavy (non-hydrogen) atoms.